The molecule has 5 nitrogen and oxygen atoms in total. The molecule has 1 aromatic heterocycles. The predicted molar refractivity (Wildman–Crippen MR) is 94.9 cm³/mol. The van der Waals surface area contributed by atoms with Gasteiger partial charge in [0.2, 0.25) is 5.91 Å². The van der Waals surface area contributed by atoms with E-state index in [-0.39, 0.29) is 23.5 Å². The number of nitrogens with zero attached hydrogens (tertiary/aromatic N) is 2. The van der Waals surface area contributed by atoms with Gasteiger partial charge in [0, 0.05) is 31.6 Å². The van der Waals surface area contributed by atoms with Gasteiger partial charge in [0.25, 0.3) is 5.91 Å². The summed E-state index contributed by atoms with van der Waals surface area (Å²) in [7, 11) is 1.77. The van der Waals surface area contributed by atoms with Crippen molar-refractivity contribution in [3.63, 3.8) is 0 Å². The fourth-order valence-electron chi connectivity index (χ4n) is 3.30. The molecule has 2 heterocycles. The zero-order valence-electron chi connectivity index (χ0n) is 15.1. The van der Waals surface area contributed by atoms with Crippen LogP contribution in [0.15, 0.2) is 40.8 Å². The van der Waals surface area contributed by atoms with Crippen molar-refractivity contribution in [2.24, 2.45) is 5.92 Å². The summed E-state index contributed by atoms with van der Waals surface area (Å²) in [5, 5.41) is 0. The molecule has 1 fully saturated rings. The zero-order valence-corrected chi connectivity index (χ0v) is 15.1. The summed E-state index contributed by atoms with van der Waals surface area (Å²) in [6, 6.07) is 9.32. The Labute approximate surface area is 152 Å². The fraction of sp³-hybridized carbons (Fsp3) is 0.400. The molecule has 0 saturated carbocycles. The van der Waals surface area contributed by atoms with Crippen LogP contribution in [0, 0.1) is 18.7 Å². The molecule has 2 aromatic rings. The fourth-order valence-corrected chi connectivity index (χ4v) is 3.30. The number of amides is 2. The average Bonchev–Trinajstić information content (AvgIpc) is 3.06. The van der Waals surface area contributed by atoms with Gasteiger partial charge in [-0.05, 0) is 56.2 Å². The van der Waals surface area contributed by atoms with Gasteiger partial charge in [-0.3, -0.25) is 9.59 Å². The third kappa shape index (κ3) is 4.12. The van der Waals surface area contributed by atoms with Crippen LogP contribution in [-0.2, 0) is 11.3 Å². The largest absolute Gasteiger partial charge is 0.464 e. The van der Waals surface area contributed by atoms with E-state index in [4.69, 9.17) is 4.42 Å². The molecule has 0 spiro atoms. The number of carbonyl (C=O) groups is 2. The molecule has 0 aliphatic carbocycles. The molecule has 0 unspecified atom stereocenters. The highest BCUT2D eigenvalue weighted by molar-refractivity contribution is 5.94. The first-order valence-corrected chi connectivity index (χ1v) is 8.79. The molecule has 1 aliphatic rings. The van der Waals surface area contributed by atoms with Crippen molar-refractivity contribution in [3.05, 3.63) is 59.3 Å². The highest BCUT2D eigenvalue weighted by atomic mass is 19.1. The molecule has 1 aromatic carbocycles. The van der Waals surface area contributed by atoms with E-state index in [9.17, 15) is 14.0 Å². The summed E-state index contributed by atoms with van der Waals surface area (Å²) < 4.78 is 18.5. The second kappa shape index (κ2) is 7.72. The van der Waals surface area contributed by atoms with Gasteiger partial charge in [-0.15, -0.1) is 0 Å². The molecule has 1 saturated heterocycles. The predicted octanol–water partition coefficient (Wildman–Crippen LogP) is 3.24. The standard InChI is InChI=1S/C20H23FN2O3/c1-14-3-8-18(26-14)13-22(2)19(24)16-9-11-23(12-10-16)20(25)15-4-6-17(21)7-5-15/h3-8,16H,9-13H2,1-2H3. The van der Waals surface area contributed by atoms with Crippen molar-refractivity contribution in [2.75, 3.05) is 20.1 Å². The first-order chi connectivity index (χ1) is 12.4. The van der Waals surface area contributed by atoms with E-state index < -0.39 is 0 Å². The number of hydrogen-bond donors (Lipinski definition) is 0. The lowest BCUT2D eigenvalue weighted by Crippen LogP contribution is -2.43. The molecular formula is C20H23FN2O3. The lowest BCUT2D eigenvalue weighted by Gasteiger charge is -2.33. The van der Waals surface area contributed by atoms with Gasteiger partial charge in [-0.1, -0.05) is 0 Å². The number of furan rings is 1. The Balaban J connectivity index is 1.53. The van der Waals surface area contributed by atoms with Crippen molar-refractivity contribution < 1.29 is 18.4 Å². The van der Waals surface area contributed by atoms with Crippen LogP contribution in [0.1, 0.15) is 34.7 Å². The second-order valence-electron chi connectivity index (χ2n) is 6.78. The molecule has 1 aliphatic heterocycles. The Morgan fingerprint density at radius 1 is 1.15 bits per heavy atom. The van der Waals surface area contributed by atoms with Crippen LogP contribution in [0.3, 0.4) is 0 Å². The number of rotatable bonds is 4. The summed E-state index contributed by atoms with van der Waals surface area (Å²) >= 11 is 0. The highest BCUT2D eigenvalue weighted by Gasteiger charge is 2.29. The topological polar surface area (TPSA) is 53.8 Å². The molecule has 138 valence electrons. The molecule has 2 amide bonds. The second-order valence-corrected chi connectivity index (χ2v) is 6.78. The molecule has 6 heteroatoms. The zero-order chi connectivity index (χ0) is 18.7. The number of benzene rings is 1. The van der Waals surface area contributed by atoms with Crippen molar-refractivity contribution in [2.45, 2.75) is 26.3 Å². The number of aryl methyl sites for hydroxylation is 1. The highest BCUT2D eigenvalue weighted by Crippen LogP contribution is 2.22. The Bertz CT molecular complexity index is 777. The minimum absolute atomic E-state index is 0.0768. The molecular weight excluding hydrogens is 335 g/mol. The van der Waals surface area contributed by atoms with Crippen LogP contribution >= 0.6 is 0 Å². The molecule has 3 rings (SSSR count). The normalized spacial score (nSPS) is 15.1. The van der Waals surface area contributed by atoms with Crippen LogP contribution in [0.25, 0.3) is 0 Å². The smallest absolute Gasteiger partial charge is 0.253 e. The van der Waals surface area contributed by atoms with E-state index in [0.29, 0.717) is 38.0 Å². The molecule has 0 N–H and O–H groups in total. The summed E-state index contributed by atoms with van der Waals surface area (Å²) in [4.78, 5) is 28.5. The molecule has 26 heavy (non-hydrogen) atoms. The maximum absolute atomic E-state index is 13.0. The summed E-state index contributed by atoms with van der Waals surface area (Å²) in [5.74, 6) is 1.10. The van der Waals surface area contributed by atoms with Gasteiger partial charge >= 0.3 is 0 Å². The van der Waals surface area contributed by atoms with Crippen LogP contribution in [-0.4, -0.2) is 41.8 Å². The van der Waals surface area contributed by atoms with E-state index in [1.807, 2.05) is 19.1 Å². The number of halogens is 1. The molecule has 0 radical (unpaired) electrons. The van der Waals surface area contributed by atoms with Gasteiger partial charge in [0.05, 0.1) is 6.54 Å². The third-order valence-electron chi connectivity index (χ3n) is 4.79. The molecule has 0 atom stereocenters. The van der Waals surface area contributed by atoms with Gasteiger partial charge < -0.3 is 14.2 Å². The van der Waals surface area contributed by atoms with Crippen LogP contribution in [0.5, 0.6) is 0 Å². The van der Waals surface area contributed by atoms with Crippen LogP contribution in [0.2, 0.25) is 0 Å². The minimum Gasteiger partial charge on any atom is -0.464 e. The summed E-state index contributed by atoms with van der Waals surface area (Å²) in [6.45, 7) is 3.38. The van der Waals surface area contributed by atoms with E-state index in [1.54, 1.807) is 16.8 Å². The Hall–Kier alpha value is -2.63. The van der Waals surface area contributed by atoms with Crippen LogP contribution in [0.4, 0.5) is 4.39 Å². The van der Waals surface area contributed by atoms with Gasteiger partial charge in [0.1, 0.15) is 17.3 Å². The number of piperidine rings is 1. The van der Waals surface area contributed by atoms with Gasteiger partial charge in [0.15, 0.2) is 0 Å². The van der Waals surface area contributed by atoms with E-state index in [2.05, 4.69) is 0 Å². The summed E-state index contributed by atoms with van der Waals surface area (Å²) in [5.41, 5.74) is 0.474. The van der Waals surface area contributed by atoms with E-state index >= 15 is 0 Å². The van der Waals surface area contributed by atoms with E-state index in [1.165, 1.54) is 24.3 Å². The number of carbonyl (C=O) groups excluding carboxylic acids is 2. The number of likely N-dealkylation sites (tertiary alicyclic amines) is 1. The quantitative estimate of drug-likeness (QED) is 0.843. The first-order valence-electron chi connectivity index (χ1n) is 8.79. The third-order valence-corrected chi connectivity index (χ3v) is 4.79. The van der Waals surface area contributed by atoms with Crippen molar-refractivity contribution >= 4 is 11.8 Å². The van der Waals surface area contributed by atoms with Gasteiger partial charge in [-0.2, -0.15) is 0 Å². The van der Waals surface area contributed by atoms with Crippen molar-refractivity contribution in [1.29, 1.82) is 0 Å². The Morgan fingerprint density at radius 3 is 2.38 bits per heavy atom. The average molecular weight is 358 g/mol. The molecule has 0 bridgehead atoms. The van der Waals surface area contributed by atoms with E-state index in [0.717, 1.165) is 11.5 Å². The van der Waals surface area contributed by atoms with Crippen LogP contribution < -0.4 is 0 Å². The number of hydrogen-bond acceptors (Lipinski definition) is 3. The summed E-state index contributed by atoms with van der Waals surface area (Å²) in [6.07, 6.45) is 1.26. The first kappa shape index (κ1) is 18.2. The SMILES string of the molecule is Cc1ccc(CN(C)C(=O)C2CCN(C(=O)c3ccc(F)cc3)CC2)o1. The van der Waals surface area contributed by atoms with Crippen molar-refractivity contribution in [3.8, 4) is 0 Å². The lowest BCUT2D eigenvalue weighted by atomic mass is 9.95. The maximum Gasteiger partial charge on any atom is 0.253 e. The maximum atomic E-state index is 13.0. The lowest BCUT2D eigenvalue weighted by molar-refractivity contribution is -0.136. The monoisotopic (exact) mass is 358 g/mol. The van der Waals surface area contributed by atoms with Gasteiger partial charge in [-0.25, -0.2) is 4.39 Å². The Morgan fingerprint density at radius 2 is 1.81 bits per heavy atom. The van der Waals surface area contributed by atoms with Crippen molar-refractivity contribution in [1.82, 2.24) is 9.80 Å². The minimum atomic E-state index is -0.361. The Kier molecular flexibility index (Phi) is 5.40.